The Balaban J connectivity index is 0.000000172. The second-order valence-electron chi connectivity index (χ2n) is 12.4. The molecule has 0 atom stereocenters. The SMILES string of the molecule is C[Si](C)=[Zr+2].Cc1ccc(-c2cc3ccccc3[cH-]2)c2ccccc12.Cl.Cl.c1coc(-c2cc3c(-c4cccc5ccccc45)cccc3[cH-]2)c1. The number of furan rings is 1. The molecule has 0 aliphatic heterocycles. The van der Waals surface area contributed by atoms with Crippen molar-refractivity contribution in [3.63, 3.8) is 0 Å². The van der Waals surface area contributed by atoms with Crippen molar-refractivity contribution >= 4 is 73.3 Å². The van der Waals surface area contributed by atoms with E-state index in [1.165, 1.54) is 70.9 Å². The molecule has 246 valence electrons. The van der Waals surface area contributed by atoms with Gasteiger partial charge in [-0.25, -0.2) is 0 Å². The molecule has 0 saturated heterocycles. The van der Waals surface area contributed by atoms with Crippen molar-refractivity contribution in [2.24, 2.45) is 0 Å². The molecule has 0 radical (unpaired) electrons. The Hall–Kier alpha value is -3.98. The summed E-state index contributed by atoms with van der Waals surface area (Å²) in [6, 6.07) is 56.1. The Kier molecular flexibility index (Phi) is 12.5. The third kappa shape index (κ3) is 7.98. The molecule has 0 amide bonds. The summed E-state index contributed by atoms with van der Waals surface area (Å²) < 4.78 is 5.56. The van der Waals surface area contributed by atoms with Gasteiger partial charge >= 0.3 is 41.9 Å². The van der Waals surface area contributed by atoms with Crippen LogP contribution in [0.5, 0.6) is 0 Å². The molecule has 0 N–H and O–H groups in total. The average molecular weight is 785 g/mol. The normalized spacial score (nSPS) is 10.5. The molecule has 5 heteroatoms. The molecular formula is C45H38Cl2OSiZr. The van der Waals surface area contributed by atoms with E-state index in [9.17, 15) is 0 Å². The largest absolute Gasteiger partial charge is 0.499 e. The van der Waals surface area contributed by atoms with Gasteiger partial charge in [-0.05, 0) is 45.7 Å². The van der Waals surface area contributed by atoms with Gasteiger partial charge < -0.3 is 4.42 Å². The Morgan fingerprint density at radius 2 is 1.08 bits per heavy atom. The molecule has 0 spiro atoms. The van der Waals surface area contributed by atoms with Gasteiger partial charge in [0, 0.05) is 0 Å². The number of benzene rings is 6. The van der Waals surface area contributed by atoms with Gasteiger partial charge in [-0.15, -0.1) is 88.3 Å². The molecule has 50 heavy (non-hydrogen) atoms. The van der Waals surface area contributed by atoms with Crippen LogP contribution in [0.15, 0.2) is 168 Å². The van der Waals surface area contributed by atoms with Crippen LogP contribution < -0.4 is 0 Å². The first kappa shape index (κ1) is 37.3. The van der Waals surface area contributed by atoms with Crippen molar-refractivity contribution < 1.29 is 27.8 Å². The van der Waals surface area contributed by atoms with E-state index in [0.717, 1.165) is 11.3 Å². The summed E-state index contributed by atoms with van der Waals surface area (Å²) in [5, 5.41) is 10.4. The second-order valence-corrected chi connectivity index (χ2v) is 21.8. The fraction of sp³-hybridized carbons (Fsp3) is 0.0667. The van der Waals surface area contributed by atoms with E-state index in [0.29, 0.717) is 0 Å². The van der Waals surface area contributed by atoms with Crippen LogP contribution in [0.4, 0.5) is 0 Å². The van der Waals surface area contributed by atoms with E-state index in [2.05, 4.69) is 166 Å². The molecule has 1 nitrogen and oxygen atoms in total. The van der Waals surface area contributed by atoms with Crippen molar-refractivity contribution in [3.8, 4) is 33.6 Å². The van der Waals surface area contributed by atoms with Gasteiger partial charge in [0.2, 0.25) is 0 Å². The monoisotopic (exact) mass is 782 g/mol. The molecule has 0 bridgehead atoms. The summed E-state index contributed by atoms with van der Waals surface area (Å²) in [5.41, 5.74) is 7.84. The van der Waals surface area contributed by atoms with E-state index < -0.39 is 0 Å². The van der Waals surface area contributed by atoms with Crippen molar-refractivity contribution in [2.75, 3.05) is 0 Å². The van der Waals surface area contributed by atoms with Gasteiger partial charge in [-0.2, -0.15) is 0 Å². The molecule has 0 saturated carbocycles. The zero-order valence-electron chi connectivity index (χ0n) is 28.3. The zero-order valence-corrected chi connectivity index (χ0v) is 33.4. The number of rotatable bonds is 3. The molecule has 0 aliphatic carbocycles. The Morgan fingerprint density at radius 1 is 0.500 bits per heavy atom. The van der Waals surface area contributed by atoms with Crippen LogP contribution >= 0.6 is 24.8 Å². The van der Waals surface area contributed by atoms with Crippen LogP contribution in [0.3, 0.4) is 0 Å². The maximum atomic E-state index is 5.56. The smallest absolute Gasteiger partial charge is 0.0796 e. The fourth-order valence-corrected chi connectivity index (χ4v) is 6.52. The van der Waals surface area contributed by atoms with Gasteiger partial charge in [0.15, 0.2) is 0 Å². The first-order chi connectivity index (χ1) is 23.5. The predicted molar refractivity (Wildman–Crippen MR) is 219 cm³/mol. The number of aryl methyl sites for hydroxylation is 1. The number of hydrogen-bond donors (Lipinski definition) is 0. The average Bonchev–Trinajstić information content (AvgIpc) is 3.88. The first-order valence-electron chi connectivity index (χ1n) is 16.3. The van der Waals surface area contributed by atoms with Gasteiger partial charge in [0.25, 0.3) is 0 Å². The summed E-state index contributed by atoms with van der Waals surface area (Å²) in [7, 11) is 0. The van der Waals surface area contributed by atoms with Gasteiger partial charge in [0.05, 0.1) is 12.0 Å². The van der Waals surface area contributed by atoms with Crippen LogP contribution in [0.25, 0.3) is 76.7 Å². The van der Waals surface area contributed by atoms with E-state index in [1.807, 2.05) is 12.1 Å². The molecule has 8 aromatic carbocycles. The van der Waals surface area contributed by atoms with Gasteiger partial charge in [0.1, 0.15) is 0 Å². The van der Waals surface area contributed by atoms with Crippen LogP contribution in [-0.2, 0) is 23.3 Å². The summed E-state index contributed by atoms with van der Waals surface area (Å²) in [6.07, 6.45) is 1.72. The second kappa shape index (κ2) is 16.8. The van der Waals surface area contributed by atoms with Crippen LogP contribution in [0.1, 0.15) is 5.56 Å². The number of fused-ring (bicyclic) bond motifs is 4. The number of halogens is 2. The van der Waals surface area contributed by atoms with E-state index >= 15 is 0 Å². The maximum absolute atomic E-state index is 5.56. The summed E-state index contributed by atoms with van der Waals surface area (Å²) in [5.74, 6) is 0.912. The van der Waals surface area contributed by atoms with E-state index in [-0.39, 0.29) is 30.2 Å². The molecule has 9 aromatic rings. The first-order valence-corrected chi connectivity index (χ1v) is 22.5. The molecule has 0 aliphatic rings. The zero-order chi connectivity index (χ0) is 33.0. The van der Waals surface area contributed by atoms with Gasteiger partial charge in [-0.3, -0.25) is 0 Å². The van der Waals surface area contributed by atoms with Crippen molar-refractivity contribution in [2.45, 2.75) is 20.0 Å². The molecule has 1 aromatic heterocycles. The Morgan fingerprint density at radius 3 is 1.80 bits per heavy atom. The Labute approximate surface area is 321 Å². The van der Waals surface area contributed by atoms with Crippen LogP contribution in [0.2, 0.25) is 13.1 Å². The van der Waals surface area contributed by atoms with Gasteiger partial charge in [-0.1, -0.05) is 132 Å². The summed E-state index contributed by atoms with van der Waals surface area (Å²) in [6.45, 7) is 6.79. The third-order valence-corrected chi connectivity index (χ3v) is 8.71. The van der Waals surface area contributed by atoms with E-state index in [1.54, 1.807) is 29.6 Å². The standard InChI is InChI=1S/C23H15O.C20H15.C2H6Si.2ClH.Zr/c1-2-9-19-16(6-1)7-3-10-20(19)21-11-4-8-17-14-18(15-22(17)21)23-12-5-13-24-23;1-14-10-11-19(20-9-5-4-8-18(14)20)17-12-15-6-2-3-7-16(15)13-17;1-3-2;;;/h1-15H;2-13H,1H3;1-2H3;2*1H;/q2*-1;;;;+2. The Bertz CT molecular complexity index is 2480. The van der Waals surface area contributed by atoms with Crippen LogP contribution in [-0.4, -0.2) is 5.43 Å². The molecular weight excluding hydrogens is 747 g/mol. The minimum absolute atomic E-state index is 0. The molecule has 0 unspecified atom stereocenters. The summed E-state index contributed by atoms with van der Waals surface area (Å²) >= 11 is 1.74. The minimum atomic E-state index is 0. The number of hydrogen-bond acceptors (Lipinski definition) is 1. The van der Waals surface area contributed by atoms with Crippen molar-refractivity contribution in [3.05, 3.63) is 170 Å². The predicted octanol–water partition coefficient (Wildman–Crippen LogP) is 14.0. The minimum Gasteiger partial charge on any atom is -0.499 e. The van der Waals surface area contributed by atoms with Crippen molar-refractivity contribution in [1.82, 2.24) is 0 Å². The van der Waals surface area contributed by atoms with Crippen LogP contribution in [0, 0.1) is 6.92 Å². The van der Waals surface area contributed by atoms with Crippen molar-refractivity contribution in [1.29, 1.82) is 0 Å². The quantitative estimate of drug-likeness (QED) is 0.128. The summed E-state index contributed by atoms with van der Waals surface area (Å²) in [4.78, 5) is 0. The topological polar surface area (TPSA) is 13.1 Å². The maximum Gasteiger partial charge on any atom is 0.0796 e. The third-order valence-electron chi connectivity index (χ3n) is 8.71. The molecule has 1 heterocycles. The molecule has 0 fully saturated rings. The fourth-order valence-electron chi connectivity index (χ4n) is 6.52. The van der Waals surface area contributed by atoms with E-state index in [4.69, 9.17) is 4.42 Å². The molecule has 9 rings (SSSR count).